The second-order valence-corrected chi connectivity index (χ2v) is 8.83. The summed E-state index contributed by atoms with van der Waals surface area (Å²) >= 11 is 0. The van der Waals surface area contributed by atoms with Crippen molar-refractivity contribution in [2.45, 2.75) is 19.7 Å². The molecule has 0 unspecified atom stereocenters. The van der Waals surface area contributed by atoms with E-state index in [1.807, 2.05) is 66.7 Å². The summed E-state index contributed by atoms with van der Waals surface area (Å²) in [4.78, 5) is 30.0. The molecule has 184 valence electrons. The first-order valence-corrected chi connectivity index (χ1v) is 11.9. The molecule has 0 fully saturated rings. The quantitative estimate of drug-likeness (QED) is 0.318. The molecule has 5 aromatic rings. The van der Waals surface area contributed by atoms with Gasteiger partial charge >= 0.3 is 0 Å². The van der Waals surface area contributed by atoms with E-state index in [2.05, 4.69) is 10.3 Å². The van der Waals surface area contributed by atoms with Crippen LogP contribution in [0.25, 0.3) is 21.9 Å². The Balaban J connectivity index is 1.34. The number of aliphatic hydroxyl groups excluding tert-OH is 1. The number of hydrogen-bond donors (Lipinski definition) is 3. The highest BCUT2D eigenvalue weighted by Gasteiger charge is 2.10. The number of carbonyl (C=O) groups excluding carboxylic acids is 1. The van der Waals surface area contributed by atoms with Crippen LogP contribution in [0, 0.1) is 0 Å². The minimum atomic E-state index is -0.218. The molecule has 37 heavy (non-hydrogen) atoms. The minimum absolute atomic E-state index is 0.0816. The molecule has 3 aromatic carbocycles. The van der Waals surface area contributed by atoms with Crippen molar-refractivity contribution >= 4 is 22.5 Å². The maximum Gasteiger partial charge on any atom is 0.258 e. The van der Waals surface area contributed by atoms with Crippen LogP contribution in [-0.2, 0) is 19.7 Å². The molecule has 0 atom stereocenters. The topological polar surface area (TPSA) is 110 Å². The van der Waals surface area contributed by atoms with Gasteiger partial charge in [0, 0.05) is 29.9 Å². The summed E-state index contributed by atoms with van der Waals surface area (Å²) in [5.41, 5.74) is 10.6. The molecule has 5 rings (SSSR count). The number of aromatic nitrogens is 2. The lowest BCUT2D eigenvalue weighted by atomic mass is 10.0. The lowest BCUT2D eigenvalue weighted by molar-refractivity contribution is 0.0950. The molecule has 7 nitrogen and oxygen atoms in total. The third-order valence-electron chi connectivity index (χ3n) is 6.36. The number of nitrogens with zero attached hydrogens (tertiary/aromatic N) is 2. The predicted octanol–water partition coefficient (Wildman–Crippen LogP) is 4.12. The fraction of sp³-hybridized carbons (Fsp3) is 0.100. The zero-order valence-corrected chi connectivity index (χ0v) is 20.1. The summed E-state index contributed by atoms with van der Waals surface area (Å²) in [6, 6.07) is 26.0. The van der Waals surface area contributed by atoms with E-state index >= 15 is 0 Å². The number of nitrogens with two attached hydrogens (primary N) is 1. The first kappa shape index (κ1) is 24.0. The number of benzene rings is 3. The van der Waals surface area contributed by atoms with Crippen molar-refractivity contribution in [1.82, 2.24) is 14.9 Å². The second-order valence-electron chi connectivity index (χ2n) is 8.83. The van der Waals surface area contributed by atoms with Gasteiger partial charge in [0.1, 0.15) is 5.82 Å². The highest BCUT2D eigenvalue weighted by atomic mass is 16.3. The van der Waals surface area contributed by atoms with Crippen LogP contribution in [0.3, 0.4) is 0 Å². The number of nitrogens with one attached hydrogen (secondary N) is 1. The van der Waals surface area contributed by atoms with Crippen LogP contribution in [0.5, 0.6) is 0 Å². The van der Waals surface area contributed by atoms with Gasteiger partial charge < -0.3 is 20.7 Å². The first-order chi connectivity index (χ1) is 18.0. The largest absolute Gasteiger partial charge is 0.392 e. The molecule has 0 saturated heterocycles. The van der Waals surface area contributed by atoms with Crippen LogP contribution in [0.15, 0.2) is 102 Å². The van der Waals surface area contributed by atoms with Crippen molar-refractivity contribution in [1.29, 1.82) is 0 Å². The van der Waals surface area contributed by atoms with Crippen LogP contribution >= 0.6 is 0 Å². The standard InChI is InChI=1S/C30H26N4O3/c31-28-16-22(10-12-32-28)21-8-9-27-23(15-21)11-13-34(30(27)37)18-20-4-3-7-24(14-20)29(36)33-17-25-5-1-2-6-26(25)19-35/h1-16,35H,17-19H2,(H2,31,32)(H,33,36). The third kappa shape index (κ3) is 5.27. The molecule has 0 bridgehead atoms. The Labute approximate surface area is 213 Å². The molecule has 0 spiro atoms. The van der Waals surface area contributed by atoms with E-state index in [0.29, 0.717) is 29.9 Å². The van der Waals surface area contributed by atoms with Crippen LogP contribution in [0.4, 0.5) is 5.82 Å². The van der Waals surface area contributed by atoms with Gasteiger partial charge in [0.25, 0.3) is 11.5 Å². The van der Waals surface area contributed by atoms with E-state index in [9.17, 15) is 14.7 Å². The zero-order valence-electron chi connectivity index (χ0n) is 20.1. The highest BCUT2D eigenvalue weighted by Crippen LogP contribution is 2.24. The average Bonchev–Trinajstić information content (AvgIpc) is 2.93. The summed E-state index contributed by atoms with van der Waals surface area (Å²) in [5, 5.41) is 13.9. The molecule has 2 heterocycles. The lowest BCUT2D eigenvalue weighted by Crippen LogP contribution is -2.24. The molecule has 4 N–H and O–H groups in total. The summed E-state index contributed by atoms with van der Waals surface area (Å²) in [7, 11) is 0. The van der Waals surface area contributed by atoms with Crippen molar-refractivity contribution in [3.05, 3.63) is 130 Å². The molecular formula is C30H26N4O3. The number of anilines is 1. The number of aliphatic hydroxyl groups is 1. The highest BCUT2D eigenvalue weighted by molar-refractivity contribution is 5.94. The third-order valence-corrected chi connectivity index (χ3v) is 6.36. The average molecular weight is 491 g/mol. The van der Waals surface area contributed by atoms with E-state index in [0.717, 1.165) is 33.2 Å². The molecule has 0 saturated carbocycles. The van der Waals surface area contributed by atoms with Crippen molar-refractivity contribution in [2.75, 3.05) is 5.73 Å². The van der Waals surface area contributed by atoms with E-state index in [1.54, 1.807) is 35.2 Å². The van der Waals surface area contributed by atoms with Crippen molar-refractivity contribution in [3.8, 4) is 11.1 Å². The maximum atomic E-state index is 13.2. The smallest absolute Gasteiger partial charge is 0.258 e. The second kappa shape index (κ2) is 10.5. The molecule has 0 radical (unpaired) electrons. The van der Waals surface area contributed by atoms with Crippen molar-refractivity contribution in [2.24, 2.45) is 0 Å². The Morgan fingerprint density at radius 3 is 2.54 bits per heavy atom. The molecular weight excluding hydrogens is 464 g/mol. The normalized spacial score (nSPS) is 10.9. The predicted molar refractivity (Wildman–Crippen MR) is 145 cm³/mol. The molecule has 0 aliphatic heterocycles. The number of hydrogen-bond acceptors (Lipinski definition) is 5. The summed E-state index contributed by atoms with van der Waals surface area (Å²) in [6.07, 6.45) is 3.43. The van der Waals surface area contributed by atoms with Crippen LogP contribution in [0.2, 0.25) is 0 Å². The number of amides is 1. The molecule has 1 amide bonds. The number of nitrogen functional groups attached to an aromatic ring is 1. The lowest BCUT2D eigenvalue weighted by Gasteiger charge is -2.11. The molecule has 0 aliphatic carbocycles. The summed E-state index contributed by atoms with van der Waals surface area (Å²) in [5.74, 6) is 0.226. The maximum absolute atomic E-state index is 13.2. The Kier molecular flexibility index (Phi) is 6.78. The first-order valence-electron chi connectivity index (χ1n) is 11.9. The summed E-state index contributed by atoms with van der Waals surface area (Å²) < 4.78 is 1.64. The van der Waals surface area contributed by atoms with Crippen molar-refractivity contribution < 1.29 is 9.90 Å². The summed E-state index contributed by atoms with van der Waals surface area (Å²) in [6.45, 7) is 0.575. The Morgan fingerprint density at radius 2 is 1.73 bits per heavy atom. The van der Waals surface area contributed by atoms with Gasteiger partial charge in [-0.2, -0.15) is 0 Å². The fourth-order valence-corrected chi connectivity index (χ4v) is 4.39. The Hall–Kier alpha value is -4.75. The van der Waals surface area contributed by atoms with E-state index < -0.39 is 0 Å². The Morgan fingerprint density at radius 1 is 0.919 bits per heavy atom. The molecule has 2 aromatic heterocycles. The van der Waals surface area contributed by atoms with Crippen LogP contribution < -0.4 is 16.6 Å². The monoisotopic (exact) mass is 490 g/mol. The SMILES string of the molecule is Nc1cc(-c2ccc3c(=O)n(Cc4cccc(C(=O)NCc5ccccc5CO)c4)ccc3c2)ccn1. The number of carbonyl (C=O) groups is 1. The fourth-order valence-electron chi connectivity index (χ4n) is 4.39. The number of pyridine rings is 2. The van der Waals surface area contributed by atoms with Gasteiger partial charge in [0.05, 0.1) is 13.2 Å². The molecule has 0 aliphatic rings. The Bertz CT molecular complexity index is 1660. The van der Waals surface area contributed by atoms with Crippen LogP contribution in [0.1, 0.15) is 27.0 Å². The van der Waals surface area contributed by atoms with Gasteiger partial charge in [-0.15, -0.1) is 0 Å². The van der Waals surface area contributed by atoms with Crippen LogP contribution in [-0.4, -0.2) is 20.6 Å². The van der Waals surface area contributed by atoms with Gasteiger partial charge in [-0.05, 0) is 75.7 Å². The van der Waals surface area contributed by atoms with Gasteiger partial charge in [-0.3, -0.25) is 9.59 Å². The van der Waals surface area contributed by atoms with E-state index in [-0.39, 0.29) is 18.1 Å². The molecule has 7 heteroatoms. The van der Waals surface area contributed by atoms with Gasteiger partial charge in [0.15, 0.2) is 0 Å². The van der Waals surface area contributed by atoms with E-state index in [4.69, 9.17) is 5.73 Å². The van der Waals surface area contributed by atoms with E-state index in [1.165, 1.54) is 0 Å². The zero-order chi connectivity index (χ0) is 25.8. The minimum Gasteiger partial charge on any atom is -0.392 e. The van der Waals surface area contributed by atoms with Crippen molar-refractivity contribution in [3.63, 3.8) is 0 Å². The van der Waals surface area contributed by atoms with Gasteiger partial charge in [-0.1, -0.05) is 42.5 Å². The van der Waals surface area contributed by atoms with Gasteiger partial charge in [-0.25, -0.2) is 4.98 Å². The number of rotatable bonds is 7. The van der Waals surface area contributed by atoms with Gasteiger partial charge in [0.2, 0.25) is 0 Å². The number of fused-ring (bicyclic) bond motifs is 1.